The van der Waals surface area contributed by atoms with Crippen molar-refractivity contribution >= 4 is 57.7 Å². The minimum Gasteiger partial charge on any atom is -0.354 e. The second-order valence-electron chi connectivity index (χ2n) is 7.79. The normalized spacial score (nSPS) is 13.6. The van der Waals surface area contributed by atoms with E-state index in [1.54, 1.807) is 31.3 Å². The number of nitrogens with zero attached hydrogens (tertiary/aromatic N) is 1. The third kappa shape index (κ3) is 4.94. The van der Waals surface area contributed by atoms with Crippen molar-refractivity contribution in [2.45, 2.75) is 6.92 Å². The van der Waals surface area contributed by atoms with Gasteiger partial charge in [-0.3, -0.25) is 14.4 Å². The van der Waals surface area contributed by atoms with Gasteiger partial charge in [0.15, 0.2) is 0 Å². The Hall–Kier alpha value is -4.10. The number of halogens is 1. The van der Waals surface area contributed by atoms with Crippen LogP contribution in [-0.4, -0.2) is 31.3 Å². The summed E-state index contributed by atoms with van der Waals surface area (Å²) < 4.78 is 0. The Balaban J connectivity index is 1.66. The minimum atomic E-state index is -0.262. The highest BCUT2D eigenvalue weighted by Gasteiger charge is 2.28. The Morgan fingerprint density at radius 1 is 1.00 bits per heavy atom. The number of amides is 3. The predicted molar refractivity (Wildman–Crippen MR) is 135 cm³/mol. The monoisotopic (exact) mass is 474 g/mol. The van der Waals surface area contributed by atoms with Crippen LogP contribution in [0.1, 0.15) is 18.1 Å². The maximum Gasteiger partial charge on any atom is 0.258 e. The first-order valence-corrected chi connectivity index (χ1v) is 11.0. The summed E-state index contributed by atoms with van der Waals surface area (Å²) in [6.45, 7) is 1.29. The first-order chi connectivity index (χ1) is 16.3. The summed E-state index contributed by atoms with van der Waals surface area (Å²) in [5.41, 5.74) is 4.87. The number of hydrogen-bond donors (Lipinski definition) is 3. The van der Waals surface area contributed by atoms with E-state index in [1.165, 1.54) is 11.8 Å². The molecule has 0 saturated carbocycles. The molecule has 1 aliphatic heterocycles. The van der Waals surface area contributed by atoms with Gasteiger partial charge < -0.3 is 20.9 Å². The van der Waals surface area contributed by atoms with Gasteiger partial charge in [-0.15, -0.1) is 0 Å². The molecule has 0 radical (unpaired) electrons. The van der Waals surface area contributed by atoms with Gasteiger partial charge in [-0.1, -0.05) is 48.0 Å². The van der Waals surface area contributed by atoms with Crippen LogP contribution >= 0.6 is 11.6 Å². The Morgan fingerprint density at radius 3 is 2.38 bits per heavy atom. The quantitative estimate of drug-likeness (QED) is 0.463. The predicted octanol–water partition coefficient (Wildman–Crippen LogP) is 4.37. The topological polar surface area (TPSA) is 90.5 Å². The third-order valence-electron chi connectivity index (χ3n) is 5.43. The second kappa shape index (κ2) is 9.80. The van der Waals surface area contributed by atoms with E-state index in [1.807, 2.05) is 48.5 Å². The number of benzene rings is 3. The maximum atomic E-state index is 12.9. The molecule has 1 heterocycles. The van der Waals surface area contributed by atoms with Crippen molar-refractivity contribution in [3.63, 3.8) is 0 Å². The van der Waals surface area contributed by atoms with E-state index in [0.29, 0.717) is 27.7 Å². The van der Waals surface area contributed by atoms with E-state index < -0.39 is 0 Å². The average Bonchev–Trinajstić information content (AvgIpc) is 3.15. The molecule has 172 valence electrons. The number of nitrogens with one attached hydrogen (secondary N) is 3. The van der Waals surface area contributed by atoms with Crippen molar-refractivity contribution < 1.29 is 14.4 Å². The van der Waals surface area contributed by atoms with Crippen molar-refractivity contribution in [1.82, 2.24) is 5.32 Å². The van der Waals surface area contributed by atoms with Crippen LogP contribution in [0.15, 0.2) is 72.8 Å². The molecule has 8 heteroatoms. The zero-order chi connectivity index (χ0) is 24.2. The van der Waals surface area contributed by atoms with Gasteiger partial charge in [0.1, 0.15) is 0 Å². The Bertz CT molecular complexity index is 1290. The molecule has 34 heavy (non-hydrogen) atoms. The van der Waals surface area contributed by atoms with Gasteiger partial charge in [-0.05, 0) is 42.0 Å². The summed E-state index contributed by atoms with van der Waals surface area (Å²) >= 11 is 6.11. The summed E-state index contributed by atoms with van der Waals surface area (Å²) in [5.74, 6) is -0.716. The van der Waals surface area contributed by atoms with Crippen LogP contribution in [0.25, 0.3) is 11.3 Å². The lowest BCUT2D eigenvalue weighted by Gasteiger charge is -2.19. The second-order valence-corrected chi connectivity index (χ2v) is 8.23. The van der Waals surface area contributed by atoms with E-state index >= 15 is 0 Å². The molecule has 0 unspecified atom stereocenters. The fraction of sp³-hybridized carbons (Fsp3) is 0.115. The van der Waals surface area contributed by atoms with Gasteiger partial charge >= 0.3 is 0 Å². The van der Waals surface area contributed by atoms with Gasteiger partial charge in [0.2, 0.25) is 11.8 Å². The molecule has 0 fully saturated rings. The first kappa shape index (κ1) is 23.1. The number of hydrogen-bond acceptors (Lipinski definition) is 4. The Morgan fingerprint density at radius 2 is 1.71 bits per heavy atom. The smallest absolute Gasteiger partial charge is 0.258 e. The molecule has 0 spiro atoms. The van der Waals surface area contributed by atoms with Gasteiger partial charge in [-0.2, -0.15) is 0 Å². The Labute approximate surface area is 202 Å². The van der Waals surface area contributed by atoms with Crippen molar-refractivity contribution in [3.05, 3.63) is 88.9 Å². The minimum absolute atomic E-state index is 0.0748. The highest BCUT2D eigenvalue weighted by atomic mass is 35.5. The number of anilines is 3. The zero-order valence-electron chi connectivity index (χ0n) is 18.7. The van der Waals surface area contributed by atoms with Gasteiger partial charge in [-0.25, -0.2) is 0 Å². The van der Waals surface area contributed by atoms with E-state index in [-0.39, 0.29) is 24.3 Å². The number of rotatable bonds is 6. The molecule has 0 saturated heterocycles. The van der Waals surface area contributed by atoms with Crippen molar-refractivity contribution in [2.75, 3.05) is 29.1 Å². The fourth-order valence-corrected chi connectivity index (χ4v) is 3.82. The summed E-state index contributed by atoms with van der Waals surface area (Å²) in [5, 5.41) is 9.32. The number of fused-ring (bicyclic) bond motifs is 1. The summed E-state index contributed by atoms with van der Waals surface area (Å²) in [6.07, 6.45) is 0. The molecule has 3 amide bonds. The van der Waals surface area contributed by atoms with Gasteiger partial charge in [0.05, 0.1) is 23.5 Å². The molecule has 3 N–H and O–H groups in total. The largest absolute Gasteiger partial charge is 0.354 e. The molecule has 3 aromatic carbocycles. The van der Waals surface area contributed by atoms with Crippen LogP contribution in [0.5, 0.6) is 0 Å². The molecule has 7 nitrogen and oxygen atoms in total. The summed E-state index contributed by atoms with van der Waals surface area (Å²) in [4.78, 5) is 37.8. The summed E-state index contributed by atoms with van der Waals surface area (Å²) in [7, 11) is 1.65. The average molecular weight is 475 g/mol. The Kier molecular flexibility index (Phi) is 6.65. The highest BCUT2D eigenvalue weighted by Crippen LogP contribution is 2.38. The standard InChI is InChI=1S/C26H23ClN4O3/c1-16(32)28-15-23(33)31(2)20-11-9-19(10-12-20)29-25(17-6-4-3-5-7-17)24-21-13-8-18(27)14-22(21)30-26(24)34/h3-14,29H,15H2,1-2H3,(H,28,32)(H,30,34)/b25-24-. The van der Waals surface area contributed by atoms with E-state index in [0.717, 1.165) is 16.8 Å². The van der Waals surface area contributed by atoms with Gasteiger partial charge in [0, 0.05) is 35.9 Å². The third-order valence-corrected chi connectivity index (χ3v) is 5.66. The molecule has 0 aliphatic carbocycles. The molecule has 0 atom stereocenters. The molecular weight excluding hydrogens is 452 g/mol. The van der Waals surface area contributed by atoms with Crippen molar-refractivity contribution in [2.24, 2.45) is 0 Å². The zero-order valence-corrected chi connectivity index (χ0v) is 19.4. The molecular formula is C26H23ClN4O3. The highest BCUT2D eigenvalue weighted by molar-refractivity contribution is 6.38. The number of carbonyl (C=O) groups excluding carboxylic acids is 3. The van der Waals surface area contributed by atoms with Crippen LogP contribution in [-0.2, 0) is 14.4 Å². The van der Waals surface area contributed by atoms with Crippen molar-refractivity contribution in [3.8, 4) is 0 Å². The van der Waals surface area contributed by atoms with Crippen LogP contribution in [0.2, 0.25) is 5.02 Å². The summed E-state index contributed by atoms with van der Waals surface area (Å²) in [6, 6.07) is 22.2. The SMILES string of the molecule is CC(=O)NCC(=O)N(C)c1ccc(N/C(=C2\C(=O)Nc3cc(Cl)ccc32)c2ccccc2)cc1. The maximum absolute atomic E-state index is 12.9. The van der Waals surface area contributed by atoms with Crippen molar-refractivity contribution in [1.29, 1.82) is 0 Å². The molecule has 1 aliphatic rings. The van der Waals surface area contributed by atoms with E-state index in [9.17, 15) is 14.4 Å². The van der Waals surface area contributed by atoms with Crippen LogP contribution in [0.3, 0.4) is 0 Å². The van der Waals surface area contributed by atoms with Crippen LogP contribution < -0.4 is 20.9 Å². The van der Waals surface area contributed by atoms with Crippen LogP contribution in [0.4, 0.5) is 17.1 Å². The fourth-order valence-electron chi connectivity index (χ4n) is 3.65. The molecule has 3 aromatic rings. The lowest BCUT2D eigenvalue weighted by Crippen LogP contribution is -2.37. The molecule has 4 rings (SSSR count). The lowest BCUT2D eigenvalue weighted by molar-refractivity contribution is -0.123. The molecule has 0 aromatic heterocycles. The van der Waals surface area contributed by atoms with E-state index in [4.69, 9.17) is 11.6 Å². The van der Waals surface area contributed by atoms with Gasteiger partial charge in [0.25, 0.3) is 5.91 Å². The number of likely N-dealkylation sites (N-methyl/N-ethyl adjacent to an activating group) is 1. The lowest BCUT2D eigenvalue weighted by atomic mass is 10.00. The first-order valence-electron chi connectivity index (χ1n) is 10.6. The van der Waals surface area contributed by atoms with E-state index in [2.05, 4.69) is 16.0 Å². The van der Waals surface area contributed by atoms with Crippen LogP contribution in [0, 0.1) is 0 Å². The molecule has 0 bridgehead atoms. The number of carbonyl (C=O) groups is 3.